The van der Waals surface area contributed by atoms with Gasteiger partial charge in [-0.25, -0.2) is 0 Å². The Hall–Kier alpha value is -0.580. The van der Waals surface area contributed by atoms with Crippen LogP contribution < -0.4 is 0 Å². The fourth-order valence-corrected chi connectivity index (χ4v) is 3.66. The Morgan fingerprint density at radius 2 is 1.71 bits per heavy atom. The lowest BCUT2D eigenvalue weighted by atomic mass is 9.86. The second kappa shape index (κ2) is 8.68. The molecule has 1 aliphatic carbocycles. The number of hydrogen-bond acceptors (Lipinski definition) is 8. The minimum Gasteiger partial charge on any atom is -0.396 e. The molecule has 0 spiro atoms. The van der Waals surface area contributed by atoms with Gasteiger partial charge in [0.15, 0.2) is 6.29 Å². The van der Waals surface area contributed by atoms with Gasteiger partial charge in [0, 0.05) is 6.61 Å². The van der Waals surface area contributed by atoms with Crippen LogP contribution in [0.4, 0.5) is 0 Å². The maximum Gasteiger partial charge on any atom is 0.186 e. The van der Waals surface area contributed by atoms with Gasteiger partial charge in [0.05, 0.1) is 19.8 Å². The van der Waals surface area contributed by atoms with Gasteiger partial charge in [0.25, 0.3) is 0 Å². The number of hydrogen-bond donors (Lipinski definition) is 6. The molecular formula is C16H28O8. The van der Waals surface area contributed by atoms with E-state index in [1.54, 1.807) is 0 Å². The molecular weight excluding hydrogens is 320 g/mol. The minimum absolute atomic E-state index is 0.00274. The van der Waals surface area contributed by atoms with Gasteiger partial charge < -0.3 is 40.1 Å². The van der Waals surface area contributed by atoms with Crippen molar-refractivity contribution in [2.24, 2.45) is 17.8 Å². The van der Waals surface area contributed by atoms with Crippen molar-refractivity contribution in [3.63, 3.8) is 0 Å². The summed E-state index contributed by atoms with van der Waals surface area (Å²) in [5.74, 6) is -0.109. The van der Waals surface area contributed by atoms with E-state index in [0.717, 1.165) is 12.8 Å². The lowest BCUT2D eigenvalue weighted by Gasteiger charge is -2.40. The molecule has 8 atom stereocenters. The zero-order valence-electron chi connectivity index (χ0n) is 13.6. The quantitative estimate of drug-likeness (QED) is 0.290. The molecule has 0 aromatic heterocycles. The van der Waals surface area contributed by atoms with E-state index in [1.165, 1.54) is 0 Å². The lowest BCUT2D eigenvalue weighted by Crippen LogP contribution is -2.59. The maximum atomic E-state index is 9.99. The molecule has 1 heterocycles. The van der Waals surface area contributed by atoms with Gasteiger partial charge in [0.2, 0.25) is 0 Å². The van der Waals surface area contributed by atoms with Crippen molar-refractivity contribution >= 4 is 0 Å². The van der Waals surface area contributed by atoms with Gasteiger partial charge in [-0.2, -0.15) is 0 Å². The monoisotopic (exact) mass is 348 g/mol. The summed E-state index contributed by atoms with van der Waals surface area (Å²) in [6, 6.07) is 0. The first-order valence-electron chi connectivity index (χ1n) is 8.26. The normalized spacial score (nSPS) is 43.1. The molecule has 0 unspecified atom stereocenters. The van der Waals surface area contributed by atoms with Crippen molar-refractivity contribution in [2.75, 3.05) is 26.4 Å². The van der Waals surface area contributed by atoms with Crippen molar-refractivity contribution in [2.45, 2.75) is 43.5 Å². The second-order valence-electron chi connectivity index (χ2n) is 6.64. The summed E-state index contributed by atoms with van der Waals surface area (Å²) >= 11 is 0. The highest BCUT2D eigenvalue weighted by Crippen LogP contribution is 2.41. The summed E-state index contributed by atoms with van der Waals surface area (Å²) in [6.07, 6.45) is -5.01. The van der Waals surface area contributed by atoms with E-state index < -0.39 is 37.3 Å². The molecule has 2 rings (SSSR count). The Morgan fingerprint density at radius 1 is 1.00 bits per heavy atom. The molecule has 140 valence electrons. The van der Waals surface area contributed by atoms with Gasteiger partial charge >= 0.3 is 0 Å². The van der Waals surface area contributed by atoms with Crippen molar-refractivity contribution in [1.29, 1.82) is 0 Å². The number of aliphatic hydroxyl groups is 6. The van der Waals surface area contributed by atoms with E-state index >= 15 is 0 Å². The topological polar surface area (TPSA) is 140 Å². The van der Waals surface area contributed by atoms with Gasteiger partial charge in [-0.15, -0.1) is 0 Å². The van der Waals surface area contributed by atoms with Crippen molar-refractivity contribution in [3.8, 4) is 0 Å². The number of ether oxygens (including phenoxy) is 2. The third kappa shape index (κ3) is 3.97. The summed E-state index contributed by atoms with van der Waals surface area (Å²) in [5.41, 5.74) is 0.674. The summed E-state index contributed by atoms with van der Waals surface area (Å²) < 4.78 is 10.9. The van der Waals surface area contributed by atoms with Crippen LogP contribution in [0.15, 0.2) is 12.2 Å². The number of rotatable bonds is 7. The smallest absolute Gasteiger partial charge is 0.186 e. The first-order chi connectivity index (χ1) is 11.4. The minimum atomic E-state index is -1.48. The molecule has 0 bridgehead atoms. The van der Waals surface area contributed by atoms with Crippen molar-refractivity contribution < 1.29 is 40.1 Å². The van der Waals surface area contributed by atoms with Crippen LogP contribution in [0.2, 0.25) is 0 Å². The third-order valence-electron chi connectivity index (χ3n) is 5.23. The van der Waals surface area contributed by atoms with E-state index in [1.807, 2.05) is 0 Å². The summed E-state index contributed by atoms with van der Waals surface area (Å²) in [6.45, 7) is 3.32. The van der Waals surface area contributed by atoms with Crippen LogP contribution in [-0.2, 0) is 9.47 Å². The molecule has 8 heteroatoms. The molecule has 0 amide bonds. The molecule has 2 aliphatic rings. The molecule has 8 nitrogen and oxygen atoms in total. The third-order valence-corrected chi connectivity index (χ3v) is 5.23. The fourth-order valence-electron chi connectivity index (χ4n) is 3.66. The van der Waals surface area contributed by atoms with Gasteiger partial charge in [0.1, 0.15) is 24.4 Å². The van der Waals surface area contributed by atoms with Crippen molar-refractivity contribution in [3.05, 3.63) is 12.2 Å². The van der Waals surface area contributed by atoms with Crippen molar-refractivity contribution in [1.82, 2.24) is 0 Å². The lowest BCUT2D eigenvalue weighted by molar-refractivity contribution is -0.304. The van der Waals surface area contributed by atoms with Crippen LogP contribution in [-0.4, -0.2) is 87.8 Å². The zero-order chi connectivity index (χ0) is 17.9. The summed E-state index contributed by atoms with van der Waals surface area (Å²) in [7, 11) is 0. The van der Waals surface area contributed by atoms with Crippen LogP contribution >= 0.6 is 0 Å². The highest BCUT2D eigenvalue weighted by molar-refractivity contribution is 5.07. The highest BCUT2D eigenvalue weighted by Gasteiger charge is 2.45. The van der Waals surface area contributed by atoms with E-state index in [2.05, 4.69) is 6.58 Å². The van der Waals surface area contributed by atoms with E-state index in [4.69, 9.17) is 9.47 Å². The fraction of sp³-hybridized carbons (Fsp3) is 0.875. The molecule has 0 radical (unpaired) electrons. The Labute approximate surface area is 141 Å². The van der Waals surface area contributed by atoms with E-state index in [-0.39, 0.29) is 37.6 Å². The molecule has 6 N–H and O–H groups in total. The zero-order valence-corrected chi connectivity index (χ0v) is 13.6. The Balaban J connectivity index is 2.00. The van der Waals surface area contributed by atoms with Gasteiger partial charge in [-0.05, 0) is 36.2 Å². The van der Waals surface area contributed by atoms with Crippen LogP contribution in [0, 0.1) is 17.8 Å². The van der Waals surface area contributed by atoms with Crippen LogP contribution in [0.25, 0.3) is 0 Å². The SMILES string of the molecule is C=C(CO)[C@H]1CC[C@H](CO)[C@H]1CO[C@@H]1O[C@H](CO)[C@@H](O)[C@H](O)[C@H]1O. The molecule has 1 saturated carbocycles. The first-order valence-corrected chi connectivity index (χ1v) is 8.26. The van der Waals surface area contributed by atoms with Gasteiger partial charge in [-0.3, -0.25) is 0 Å². The molecule has 1 saturated heterocycles. The van der Waals surface area contributed by atoms with Crippen LogP contribution in [0.3, 0.4) is 0 Å². The average Bonchev–Trinajstić information content (AvgIpc) is 3.01. The Morgan fingerprint density at radius 3 is 2.29 bits per heavy atom. The Kier molecular flexibility index (Phi) is 7.14. The predicted octanol–water partition coefficient (Wildman–Crippen LogP) is -2.01. The molecule has 1 aliphatic heterocycles. The second-order valence-corrected chi connectivity index (χ2v) is 6.64. The number of aliphatic hydroxyl groups excluding tert-OH is 6. The molecule has 2 fully saturated rings. The first kappa shape index (κ1) is 19.7. The highest BCUT2D eigenvalue weighted by atomic mass is 16.7. The van der Waals surface area contributed by atoms with Gasteiger partial charge in [-0.1, -0.05) is 6.58 Å². The summed E-state index contributed by atoms with van der Waals surface area (Å²) in [4.78, 5) is 0. The van der Waals surface area contributed by atoms with E-state index in [0.29, 0.717) is 5.57 Å². The largest absolute Gasteiger partial charge is 0.396 e. The maximum absolute atomic E-state index is 9.99. The van der Waals surface area contributed by atoms with E-state index in [9.17, 15) is 30.6 Å². The van der Waals surface area contributed by atoms with Crippen LogP contribution in [0.1, 0.15) is 12.8 Å². The van der Waals surface area contributed by atoms with Crippen LogP contribution in [0.5, 0.6) is 0 Å². The standard InChI is InChI=1S/C16H28O8/c1-8(4-17)10-3-2-9(5-18)11(10)7-23-16-15(22)14(21)13(20)12(6-19)24-16/h9-22H,1-7H2/t9-,10-,11-,12-,13-,14+,15-,16-/m1/s1. The Bertz CT molecular complexity index is 415. The molecule has 0 aromatic carbocycles. The predicted molar refractivity (Wildman–Crippen MR) is 82.7 cm³/mol. The molecule has 0 aromatic rings. The average molecular weight is 348 g/mol. The summed E-state index contributed by atoms with van der Waals surface area (Å²) in [5, 5.41) is 57.5. The molecule has 24 heavy (non-hydrogen) atoms.